The Morgan fingerprint density at radius 2 is 2.06 bits per heavy atom. The zero-order valence-electron chi connectivity index (χ0n) is 11.0. The SMILES string of the molecule is CCCc1nc(CN2CCNCC2)sc1CC. The Morgan fingerprint density at radius 1 is 1.29 bits per heavy atom. The number of nitrogens with zero attached hydrogens (tertiary/aromatic N) is 2. The number of thiazole rings is 1. The van der Waals surface area contributed by atoms with Gasteiger partial charge >= 0.3 is 0 Å². The average molecular weight is 253 g/mol. The molecule has 1 N–H and O–H groups in total. The molecule has 0 unspecified atom stereocenters. The number of piperazine rings is 1. The molecule has 1 fully saturated rings. The summed E-state index contributed by atoms with van der Waals surface area (Å²) in [5.41, 5.74) is 1.35. The predicted octanol–water partition coefficient (Wildman–Crippen LogP) is 2.06. The van der Waals surface area contributed by atoms with Crippen LogP contribution in [0.3, 0.4) is 0 Å². The molecular formula is C13H23N3S. The van der Waals surface area contributed by atoms with Crippen LogP contribution in [-0.4, -0.2) is 36.1 Å². The lowest BCUT2D eigenvalue weighted by atomic mass is 10.2. The Bertz CT molecular complexity index is 342. The second kappa shape index (κ2) is 6.47. The Kier molecular flexibility index (Phi) is 4.95. The monoisotopic (exact) mass is 253 g/mol. The van der Waals surface area contributed by atoms with Crippen molar-refractivity contribution in [1.82, 2.24) is 15.2 Å². The molecule has 0 bridgehead atoms. The van der Waals surface area contributed by atoms with E-state index in [2.05, 4.69) is 24.1 Å². The van der Waals surface area contributed by atoms with Crippen LogP contribution in [0.1, 0.15) is 35.8 Å². The predicted molar refractivity (Wildman–Crippen MR) is 73.6 cm³/mol. The van der Waals surface area contributed by atoms with Gasteiger partial charge in [0.05, 0.1) is 12.2 Å². The molecule has 0 aliphatic carbocycles. The fraction of sp³-hybridized carbons (Fsp3) is 0.769. The molecule has 1 aromatic heterocycles. The molecule has 0 spiro atoms. The van der Waals surface area contributed by atoms with Crippen molar-refractivity contribution >= 4 is 11.3 Å². The molecule has 0 radical (unpaired) electrons. The van der Waals surface area contributed by atoms with Crippen LogP contribution >= 0.6 is 11.3 Å². The largest absolute Gasteiger partial charge is 0.314 e. The summed E-state index contributed by atoms with van der Waals surface area (Å²) in [4.78, 5) is 8.82. The highest BCUT2D eigenvalue weighted by Gasteiger charge is 2.14. The lowest BCUT2D eigenvalue weighted by Crippen LogP contribution is -2.42. The smallest absolute Gasteiger partial charge is 0.107 e. The Balaban J connectivity index is 1.99. The van der Waals surface area contributed by atoms with Gasteiger partial charge in [-0.3, -0.25) is 4.90 Å². The zero-order valence-corrected chi connectivity index (χ0v) is 11.8. The molecule has 0 amide bonds. The molecule has 1 aromatic rings. The van der Waals surface area contributed by atoms with Crippen molar-refractivity contribution in [2.24, 2.45) is 0 Å². The summed E-state index contributed by atoms with van der Waals surface area (Å²) < 4.78 is 0. The third kappa shape index (κ3) is 3.50. The van der Waals surface area contributed by atoms with E-state index < -0.39 is 0 Å². The maximum absolute atomic E-state index is 4.82. The highest BCUT2D eigenvalue weighted by Crippen LogP contribution is 2.22. The van der Waals surface area contributed by atoms with E-state index in [-0.39, 0.29) is 0 Å². The molecule has 1 aliphatic rings. The standard InChI is InChI=1S/C13H23N3S/c1-3-5-11-12(4-2)17-13(15-11)10-16-8-6-14-7-9-16/h14H,3-10H2,1-2H3. The zero-order chi connectivity index (χ0) is 12.1. The van der Waals surface area contributed by atoms with E-state index in [9.17, 15) is 0 Å². The third-order valence-corrected chi connectivity index (χ3v) is 4.43. The van der Waals surface area contributed by atoms with Crippen molar-refractivity contribution in [1.29, 1.82) is 0 Å². The van der Waals surface area contributed by atoms with Crippen LogP contribution in [0.2, 0.25) is 0 Å². The molecular weight excluding hydrogens is 230 g/mol. The summed E-state index contributed by atoms with van der Waals surface area (Å²) in [6.07, 6.45) is 3.47. The molecule has 2 heterocycles. The Labute approximate surface area is 108 Å². The third-order valence-electron chi connectivity index (χ3n) is 3.20. The first kappa shape index (κ1) is 13.0. The van der Waals surface area contributed by atoms with Gasteiger partial charge in [-0.25, -0.2) is 4.98 Å². The molecule has 2 rings (SSSR count). The van der Waals surface area contributed by atoms with E-state index in [4.69, 9.17) is 4.98 Å². The van der Waals surface area contributed by atoms with Gasteiger partial charge in [0.1, 0.15) is 5.01 Å². The summed E-state index contributed by atoms with van der Waals surface area (Å²) in [6, 6.07) is 0. The Morgan fingerprint density at radius 3 is 2.71 bits per heavy atom. The second-order valence-corrected chi connectivity index (χ2v) is 5.78. The van der Waals surface area contributed by atoms with Crippen LogP contribution in [0.15, 0.2) is 0 Å². The fourth-order valence-electron chi connectivity index (χ4n) is 2.27. The summed E-state index contributed by atoms with van der Waals surface area (Å²) in [6.45, 7) is 10.1. The minimum absolute atomic E-state index is 1.04. The van der Waals surface area contributed by atoms with Gasteiger partial charge in [-0.15, -0.1) is 11.3 Å². The van der Waals surface area contributed by atoms with Gasteiger partial charge in [0.15, 0.2) is 0 Å². The van der Waals surface area contributed by atoms with Gasteiger partial charge in [0.2, 0.25) is 0 Å². The number of nitrogens with one attached hydrogen (secondary N) is 1. The van der Waals surface area contributed by atoms with E-state index in [1.54, 1.807) is 0 Å². The normalized spacial score (nSPS) is 17.5. The van der Waals surface area contributed by atoms with Crippen molar-refractivity contribution in [3.8, 4) is 0 Å². The maximum atomic E-state index is 4.82. The first-order valence-corrected chi connectivity index (χ1v) is 7.55. The topological polar surface area (TPSA) is 28.2 Å². The van der Waals surface area contributed by atoms with Crippen molar-refractivity contribution in [2.75, 3.05) is 26.2 Å². The van der Waals surface area contributed by atoms with Gasteiger partial charge in [0, 0.05) is 31.1 Å². The lowest BCUT2D eigenvalue weighted by molar-refractivity contribution is 0.233. The minimum atomic E-state index is 1.04. The first-order chi connectivity index (χ1) is 8.33. The molecule has 3 nitrogen and oxygen atoms in total. The van der Waals surface area contributed by atoms with Gasteiger partial charge in [-0.2, -0.15) is 0 Å². The van der Waals surface area contributed by atoms with Crippen LogP contribution in [0.25, 0.3) is 0 Å². The van der Waals surface area contributed by atoms with Crippen molar-refractivity contribution < 1.29 is 0 Å². The van der Waals surface area contributed by atoms with E-state index >= 15 is 0 Å². The van der Waals surface area contributed by atoms with Crippen molar-refractivity contribution in [3.63, 3.8) is 0 Å². The highest BCUT2D eigenvalue weighted by molar-refractivity contribution is 7.11. The first-order valence-electron chi connectivity index (χ1n) is 6.74. The molecule has 4 heteroatoms. The van der Waals surface area contributed by atoms with Crippen molar-refractivity contribution in [2.45, 2.75) is 39.7 Å². The molecule has 0 atom stereocenters. The lowest BCUT2D eigenvalue weighted by Gasteiger charge is -2.26. The quantitative estimate of drug-likeness (QED) is 0.870. The van der Waals surface area contributed by atoms with Crippen LogP contribution in [0, 0.1) is 0 Å². The highest BCUT2D eigenvalue weighted by atomic mass is 32.1. The molecule has 0 aromatic carbocycles. The maximum Gasteiger partial charge on any atom is 0.107 e. The van der Waals surface area contributed by atoms with Crippen LogP contribution in [-0.2, 0) is 19.4 Å². The van der Waals surface area contributed by atoms with Gasteiger partial charge in [-0.1, -0.05) is 20.3 Å². The van der Waals surface area contributed by atoms with Crippen LogP contribution in [0.5, 0.6) is 0 Å². The molecule has 17 heavy (non-hydrogen) atoms. The molecule has 0 saturated carbocycles. The van der Waals surface area contributed by atoms with E-state index in [1.165, 1.54) is 22.0 Å². The van der Waals surface area contributed by atoms with Gasteiger partial charge in [-0.05, 0) is 12.8 Å². The van der Waals surface area contributed by atoms with Gasteiger partial charge < -0.3 is 5.32 Å². The number of hydrogen-bond acceptors (Lipinski definition) is 4. The van der Waals surface area contributed by atoms with Crippen molar-refractivity contribution in [3.05, 3.63) is 15.6 Å². The Hall–Kier alpha value is -0.450. The summed E-state index contributed by atoms with van der Waals surface area (Å²) in [7, 11) is 0. The molecule has 1 aliphatic heterocycles. The number of hydrogen-bond donors (Lipinski definition) is 1. The fourth-order valence-corrected chi connectivity index (χ4v) is 3.37. The second-order valence-electron chi connectivity index (χ2n) is 4.61. The average Bonchev–Trinajstić information content (AvgIpc) is 2.73. The van der Waals surface area contributed by atoms with Crippen LogP contribution < -0.4 is 5.32 Å². The number of aryl methyl sites for hydroxylation is 2. The van der Waals surface area contributed by atoms with Crippen LogP contribution in [0.4, 0.5) is 0 Å². The van der Waals surface area contributed by atoms with E-state index in [1.807, 2.05) is 11.3 Å². The minimum Gasteiger partial charge on any atom is -0.314 e. The summed E-state index contributed by atoms with van der Waals surface area (Å²) in [5.74, 6) is 0. The number of rotatable bonds is 5. The van der Waals surface area contributed by atoms with E-state index in [0.717, 1.165) is 45.6 Å². The number of aromatic nitrogens is 1. The summed E-state index contributed by atoms with van der Waals surface area (Å²) in [5, 5.41) is 4.70. The van der Waals surface area contributed by atoms with Gasteiger partial charge in [0.25, 0.3) is 0 Å². The van der Waals surface area contributed by atoms with E-state index in [0.29, 0.717) is 0 Å². The molecule has 1 saturated heterocycles. The molecule has 96 valence electrons. The summed E-state index contributed by atoms with van der Waals surface area (Å²) >= 11 is 1.92.